The first kappa shape index (κ1) is 21.0. The molecule has 3 rings (SSSR count). The second-order valence-electron chi connectivity index (χ2n) is 7.21. The summed E-state index contributed by atoms with van der Waals surface area (Å²) < 4.78 is 34.2. The van der Waals surface area contributed by atoms with Crippen LogP contribution in [0.2, 0.25) is 0 Å². The average Bonchev–Trinajstić information content (AvgIpc) is 2.74. The fourth-order valence-corrected chi connectivity index (χ4v) is 4.20. The average molecular weight is 402 g/mol. The molecule has 0 saturated carbocycles. The van der Waals surface area contributed by atoms with E-state index in [0.29, 0.717) is 40.4 Å². The lowest BCUT2D eigenvalue weighted by Crippen LogP contribution is -2.11. The van der Waals surface area contributed by atoms with Crippen molar-refractivity contribution in [3.05, 3.63) is 23.3 Å². The largest absolute Gasteiger partial charge is 0.493 e. The lowest BCUT2D eigenvalue weighted by atomic mass is 9.82. The topological polar surface area (TPSA) is 55.4 Å². The molecule has 1 aliphatic rings. The summed E-state index contributed by atoms with van der Waals surface area (Å²) in [5.74, 6) is 4.17. The van der Waals surface area contributed by atoms with Crippen molar-refractivity contribution in [3.8, 4) is 45.6 Å². The summed E-state index contributed by atoms with van der Waals surface area (Å²) in [7, 11) is 9.80. The van der Waals surface area contributed by atoms with Gasteiger partial charge < -0.3 is 28.4 Å². The Morgan fingerprint density at radius 1 is 0.621 bits per heavy atom. The van der Waals surface area contributed by atoms with Crippen LogP contribution in [-0.2, 0) is 12.8 Å². The molecule has 6 nitrogen and oxygen atoms in total. The van der Waals surface area contributed by atoms with E-state index in [-0.39, 0.29) is 0 Å². The third-order valence-corrected chi connectivity index (χ3v) is 5.55. The van der Waals surface area contributed by atoms with Crippen molar-refractivity contribution in [3.63, 3.8) is 0 Å². The zero-order chi connectivity index (χ0) is 21.1. The Kier molecular flexibility index (Phi) is 6.30. The van der Waals surface area contributed by atoms with Crippen LogP contribution in [0.3, 0.4) is 0 Å². The molecule has 6 heteroatoms. The Morgan fingerprint density at radius 2 is 1.07 bits per heavy atom. The van der Waals surface area contributed by atoms with Gasteiger partial charge in [0.2, 0.25) is 11.5 Å². The van der Waals surface area contributed by atoms with Crippen LogP contribution in [0.4, 0.5) is 0 Å². The van der Waals surface area contributed by atoms with Crippen LogP contribution in [-0.4, -0.2) is 42.7 Å². The highest BCUT2D eigenvalue weighted by atomic mass is 16.5. The van der Waals surface area contributed by atoms with E-state index < -0.39 is 0 Å². The van der Waals surface area contributed by atoms with Crippen molar-refractivity contribution in [1.82, 2.24) is 0 Å². The minimum atomic E-state index is 0.490. The highest BCUT2D eigenvalue weighted by Gasteiger charge is 2.31. The van der Waals surface area contributed by atoms with Gasteiger partial charge >= 0.3 is 0 Å². The fraction of sp³-hybridized carbons (Fsp3) is 0.478. The van der Waals surface area contributed by atoms with E-state index in [4.69, 9.17) is 28.4 Å². The predicted molar refractivity (Wildman–Crippen MR) is 112 cm³/mol. The number of methoxy groups -OCH3 is 6. The standard InChI is InChI=1S/C23H30O6/c1-13-8-9-14-11-16(24-2)20(26-4)22(28-6)18(14)19-15(10-13)12-17(25-3)21(27-5)23(19)29-7/h11-13H,8-10H2,1-7H3/t13-/m0/s1. The third kappa shape index (κ3) is 3.52. The van der Waals surface area contributed by atoms with Crippen LogP contribution in [0.25, 0.3) is 11.1 Å². The van der Waals surface area contributed by atoms with Crippen molar-refractivity contribution < 1.29 is 28.4 Å². The first-order valence-corrected chi connectivity index (χ1v) is 9.68. The highest BCUT2D eigenvalue weighted by Crippen LogP contribution is 2.55. The number of aryl methyl sites for hydroxylation is 1. The van der Waals surface area contributed by atoms with E-state index >= 15 is 0 Å². The van der Waals surface area contributed by atoms with Gasteiger partial charge in [0.05, 0.1) is 42.7 Å². The van der Waals surface area contributed by atoms with Gasteiger partial charge in [-0.15, -0.1) is 0 Å². The number of benzene rings is 2. The summed E-state index contributed by atoms with van der Waals surface area (Å²) in [6.07, 6.45) is 2.83. The van der Waals surface area contributed by atoms with E-state index in [0.717, 1.165) is 41.5 Å². The molecule has 29 heavy (non-hydrogen) atoms. The second kappa shape index (κ2) is 8.72. The molecule has 0 radical (unpaired) electrons. The van der Waals surface area contributed by atoms with Crippen LogP contribution >= 0.6 is 0 Å². The lowest BCUT2D eigenvalue weighted by molar-refractivity contribution is 0.320. The smallest absolute Gasteiger partial charge is 0.203 e. The molecule has 0 bridgehead atoms. The Labute approximate surface area is 172 Å². The maximum absolute atomic E-state index is 5.86. The Balaban J connectivity index is 2.48. The number of hydrogen-bond donors (Lipinski definition) is 0. The van der Waals surface area contributed by atoms with Gasteiger partial charge in [-0.05, 0) is 48.4 Å². The summed E-state index contributed by atoms with van der Waals surface area (Å²) in [6, 6.07) is 4.08. The molecule has 0 spiro atoms. The fourth-order valence-electron chi connectivity index (χ4n) is 4.20. The van der Waals surface area contributed by atoms with Gasteiger partial charge in [-0.1, -0.05) is 6.92 Å². The molecule has 0 unspecified atom stereocenters. The maximum atomic E-state index is 5.86. The molecule has 2 aromatic carbocycles. The molecule has 0 fully saturated rings. The molecule has 158 valence electrons. The SMILES string of the molecule is COc1cc2c(c(OC)c1OC)-c1c(cc(OC)c(OC)c1OC)C[C@@H](C)CC2. The van der Waals surface area contributed by atoms with E-state index in [1.807, 2.05) is 12.1 Å². The van der Waals surface area contributed by atoms with Crippen molar-refractivity contribution >= 4 is 0 Å². The van der Waals surface area contributed by atoms with E-state index in [9.17, 15) is 0 Å². The zero-order valence-electron chi connectivity index (χ0n) is 18.3. The molecule has 0 N–H and O–H groups in total. The van der Waals surface area contributed by atoms with Gasteiger partial charge in [0.1, 0.15) is 0 Å². The molecular weight excluding hydrogens is 372 g/mol. The van der Waals surface area contributed by atoms with E-state index in [2.05, 4.69) is 6.92 Å². The summed E-state index contributed by atoms with van der Waals surface area (Å²) in [5.41, 5.74) is 4.14. The van der Waals surface area contributed by atoms with E-state index in [1.165, 1.54) is 0 Å². The van der Waals surface area contributed by atoms with Gasteiger partial charge in [0.25, 0.3) is 0 Å². The van der Waals surface area contributed by atoms with Crippen LogP contribution in [0.15, 0.2) is 12.1 Å². The molecule has 0 heterocycles. The molecular formula is C23H30O6. The van der Waals surface area contributed by atoms with Crippen molar-refractivity contribution in [2.45, 2.75) is 26.2 Å². The van der Waals surface area contributed by atoms with Crippen molar-refractivity contribution in [1.29, 1.82) is 0 Å². The normalized spacial score (nSPS) is 15.3. The van der Waals surface area contributed by atoms with Crippen molar-refractivity contribution in [2.24, 2.45) is 5.92 Å². The zero-order valence-corrected chi connectivity index (χ0v) is 18.3. The number of ether oxygens (including phenoxy) is 6. The molecule has 0 saturated heterocycles. The molecule has 0 amide bonds. The second-order valence-corrected chi connectivity index (χ2v) is 7.21. The quantitative estimate of drug-likeness (QED) is 0.708. The van der Waals surface area contributed by atoms with E-state index in [1.54, 1.807) is 42.7 Å². The summed E-state index contributed by atoms with van der Waals surface area (Å²) in [5, 5.41) is 0. The first-order chi connectivity index (χ1) is 14.0. The highest BCUT2D eigenvalue weighted by molar-refractivity contribution is 5.88. The Hall–Kier alpha value is -2.76. The number of rotatable bonds is 6. The molecule has 1 aliphatic carbocycles. The van der Waals surface area contributed by atoms with Gasteiger partial charge in [-0.25, -0.2) is 0 Å². The van der Waals surface area contributed by atoms with Gasteiger partial charge in [-0.2, -0.15) is 0 Å². The lowest BCUT2D eigenvalue weighted by Gasteiger charge is -2.28. The minimum Gasteiger partial charge on any atom is -0.493 e. The third-order valence-electron chi connectivity index (χ3n) is 5.55. The number of fused-ring (bicyclic) bond motifs is 3. The predicted octanol–water partition coefficient (Wildman–Crippen LogP) is 4.53. The monoisotopic (exact) mass is 402 g/mol. The minimum absolute atomic E-state index is 0.490. The van der Waals surface area contributed by atoms with Gasteiger partial charge in [-0.3, -0.25) is 0 Å². The van der Waals surface area contributed by atoms with Crippen molar-refractivity contribution in [2.75, 3.05) is 42.7 Å². The summed E-state index contributed by atoms with van der Waals surface area (Å²) in [4.78, 5) is 0. The molecule has 2 aromatic rings. The van der Waals surface area contributed by atoms with Gasteiger partial charge in [0.15, 0.2) is 23.0 Å². The maximum Gasteiger partial charge on any atom is 0.203 e. The molecule has 0 aliphatic heterocycles. The van der Waals surface area contributed by atoms with Gasteiger partial charge in [0, 0.05) is 11.1 Å². The van der Waals surface area contributed by atoms with Crippen LogP contribution in [0, 0.1) is 5.92 Å². The summed E-state index contributed by atoms with van der Waals surface area (Å²) in [6.45, 7) is 2.26. The van der Waals surface area contributed by atoms with Crippen LogP contribution in [0.1, 0.15) is 24.5 Å². The van der Waals surface area contributed by atoms with Crippen LogP contribution in [0.5, 0.6) is 34.5 Å². The summed E-state index contributed by atoms with van der Waals surface area (Å²) >= 11 is 0. The Morgan fingerprint density at radius 3 is 1.52 bits per heavy atom. The molecule has 0 aromatic heterocycles. The molecule has 1 atom stereocenters. The first-order valence-electron chi connectivity index (χ1n) is 9.68. The number of hydrogen-bond acceptors (Lipinski definition) is 6. The Bertz CT molecular complexity index is 890. The van der Waals surface area contributed by atoms with Crippen LogP contribution < -0.4 is 28.4 Å².